The van der Waals surface area contributed by atoms with Gasteiger partial charge in [-0.05, 0) is 30.0 Å². The van der Waals surface area contributed by atoms with E-state index in [-0.39, 0.29) is 23.7 Å². The van der Waals surface area contributed by atoms with E-state index in [0.717, 1.165) is 24.2 Å². The number of fused-ring (bicyclic) bond motifs is 1. The molecule has 128 valence electrons. The van der Waals surface area contributed by atoms with Crippen LogP contribution in [0.2, 0.25) is 0 Å². The first-order valence-corrected chi connectivity index (χ1v) is 8.83. The first kappa shape index (κ1) is 15.9. The third kappa shape index (κ3) is 3.04. The summed E-state index contributed by atoms with van der Waals surface area (Å²) in [5, 5.41) is 0. The summed E-state index contributed by atoms with van der Waals surface area (Å²) < 4.78 is 0. The van der Waals surface area contributed by atoms with Gasteiger partial charge in [-0.25, -0.2) is 0 Å². The highest BCUT2D eigenvalue weighted by Crippen LogP contribution is 2.43. The smallest absolute Gasteiger partial charge is 0.230 e. The van der Waals surface area contributed by atoms with Crippen molar-refractivity contribution in [2.45, 2.75) is 19.4 Å². The second-order valence-corrected chi connectivity index (χ2v) is 7.00. The fourth-order valence-corrected chi connectivity index (χ4v) is 3.73. The van der Waals surface area contributed by atoms with Crippen LogP contribution < -0.4 is 4.90 Å². The van der Waals surface area contributed by atoms with Crippen LogP contribution >= 0.6 is 0 Å². The first-order chi connectivity index (χ1) is 12.1. The molecule has 0 bridgehead atoms. The van der Waals surface area contributed by atoms with Gasteiger partial charge in [0.2, 0.25) is 11.8 Å². The van der Waals surface area contributed by atoms with Gasteiger partial charge in [0.05, 0.1) is 11.8 Å². The van der Waals surface area contributed by atoms with Crippen LogP contribution in [-0.2, 0) is 22.6 Å². The molecule has 0 spiro atoms. The van der Waals surface area contributed by atoms with Crippen LogP contribution in [-0.4, -0.2) is 30.3 Å². The number of para-hydroxylation sites is 1. The zero-order chi connectivity index (χ0) is 17.4. The zero-order valence-electron chi connectivity index (χ0n) is 14.4. The van der Waals surface area contributed by atoms with E-state index in [4.69, 9.17) is 0 Å². The molecule has 1 heterocycles. The van der Waals surface area contributed by atoms with Gasteiger partial charge >= 0.3 is 0 Å². The monoisotopic (exact) mass is 334 g/mol. The van der Waals surface area contributed by atoms with Gasteiger partial charge in [0.15, 0.2) is 0 Å². The second kappa shape index (κ2) is 6.36. The maximum Gasteiger partial charge on any atom is 0.230 e. The molecule has 0 aromatic heterocycles. The van der Waals surface area contributed by atoms with Gasteiger partial charge in [-0.15, -0.1) is 0 Å². The Morgan fingerprint density at radius 3 is 2.56 bits per heavy atom. The van der Waals surface area contributed by atoms with Gasteiger partial charge in [-0.1, -0.05) is 48.5 Å². The third-order valence-electron chi connectivity index (χ3n) is 5.22. The van der Waals surface area contributed by atoms with Crippen molar-refractivity contribution in [3.05, 3.63) is 65.7 Å². The Morgan fingerprint density at radius 2 is 1.76 bits per heavy atom. The van der Waals surface area contributed by atoms with Gasteiger partial charge in [0.1, 0.15) is 0 Å². The minimum Gasteiger partial charge on any atom is -0.341 e. The van der Waals surface area contributed by atoms with Crippen LogP contribution in [0, 0.1) is 11.8 Å². The lowest BCUT2D eigenvalue weighted by molar-refractivity contribution is -0.133. The van der Waals surface area contributed by atoms with E-state index < -0.39 is 0 Å². The number of carbonyl (C=O) groups excluding carboxylic acids is 2. The van der Waals surface area contributed by atoms with Crippen LogP contribution in [0.4, 0.5) is 5.69 Å². The molecule has 2 amide bonds. The highest BCUT2D eigenvalue weighted by atomic mass is 16.2. The summed E-state index contributed by atoms with van der Waals surface area (Å²) in [7, 11) is 1.82. The highest BCUT2D eigenvalue weighted by Gasteiger charge is 2.51. The lowest BCUT2D eigenvalue weighted by Gasteiger charge is -2.19. The molecule has 2 aromatic carbocycles. The molecule has 0 saturated heterocycles. The van der Waals surface area contributed by atoms with Crippen molar-refractivity contribution in [3.63, 3.8) is 0 Å². The second-order valence-electron chi connectivity index (χ2n) is 7.00. The zero-order valence-corrected chi connectivity index (χ0v) is 14.4. The fourth-order valence-electron chi connectivity index (χ4n) is 3.73. The lowest BCUT2D eigenvalue weighted by atomic mass is 10.2. The molecule has 0 radical (unpaired) electrons. The van der Waals surface area contributed by atoms with E-state index in [1.54, 1.807) is 4.90 Å². The molecule has 4 nitrogen and oxygen atoms in total. The van der Waals surface area contributed by atoms with Crippen molar-refractivity contribution in [1.82, 2.24) is 4.90 Å². The Morgan fingerprint density at radius 1 is 1.04 bits per heavy atom. The van der Waals surface area contributed by atoms with Gasteiger partial charge in [-0.2, -0.15) is 0 Å². The number of carbonyl (C=O) groups is 2. The minimum absolute atomic E-state index is 0.0784. The fraction of sp³-hybridized carbons (Fsp3) is 0.333. The van der Waals surface area contributed by atoms with E-state index >= 15 is 0 Å². The maximum atomic E-state index is 12.8. The molecular formula is C21H22N2O2. The average Bonchev–Trinajstić information content (AvgIpc) is 3.33. The van der Waals surface area contributed by atoms with E-state index in [2.05, 4.69) is 6.07 Å². The summed E-state index contributed by atoms with van der Waals surface area (Å²) in [6, 6.07) is 18.0. The Hall–Kier alpha value is -2.62. The number of benzene rings is 2. The largest absolute Gasteiger partial charge is 0.341 e. The molecule has 4 heteroatoms. The van der Waals surface area contributed by atoms with E-state index in [1.807, 2.05) is 60.5 Å². The molecule has 25 heavy (non-hydrogen) atoms. The topological polar surface area (TPSA) is 40.6 Å². The standard InChI is InChI=1S/C21H22N2O2/c1-22(14-15-7-3-2-4-8-15)20(24)17-13-18(17)21(25)23-12-11-16-9-5-6-10-19(16)23/h2-10,17-18H,11-14H2,1H3. The lowest BCUT2D eigenvalue weighted by Crippen LogP contribution is -2.33. The molecule has 1 saturated carbocycles. The summed E-state index contributed by atoms with van der Waals surface area (Å²) in [4.78, 5) is 29.1. The van der Waals surface area contributed by atoms with Gasteiger partial charge in [0.25, 0.3) is 0 Å². The van der Waals surface area contributed by atoms with Crippen LogP contribution in [0.5, 0.6) is 0 Å². The molecule has 1 aliphatic carbocycles. The molecule has 2 unspecified atom stereocenters. The van der Waals surface area contributed by atoms with Crippen molar-refractivity contribution < 1.29 is 9.59 Å². The number of rotatable bonds is 4. The van der Waals surface area contributed by atoms with Crippen molar-refractivity contribution in [1.29, 1.82) is 0 Å². The number of amides is 2. The van der Waals surface area contributed by atoms with Crippen molar-refractivity contribution in [3.8, 4) is 0 Å². The number of anilines is 1. The molecular weight excluding hydrogens is 312 g/mol. The predicted molar refractivity (Wildman–Crippen MR) is 97.0 cm³/mol. The summed E-state index contributed by atoms with van der Waals surface area (Å²) in [5.41, 5.74) is 3.35. The quantitative estimate of drug-likeness (QED) is 0.863. The van der Waals surface area contributed by atoms with Crippen molar-refractivity contribution in [2.75, 3.05) is 18.5 Å². The third-order valence-corrected chi connectivity index (χ3v) is 5.22. The Labute approximate surface area is 148 Å². The molecule has 2 aliphatic rings. The van der Waals surface area contributed by atoms with Crippen molar-refractivity contribution >= 4 is 17.5 Å². The van der Waals surface area contributed by atoms with E-state index in [1.165, 1.54) is 5.56 Å². The summed E-state index contributed by atoms with van der Waals surface area (Å²) in [6.45, 7) is 1.32. The van der Waals surface area contributed by atoms with Gasteiger partial charge in [0, 0.05) is 25.8 Å². The molecule has 2 atom stereocenters. The SMILES string of the molecule is CN(Cc1ccccc1)C(=O)C1CC1C(=O)N1CCc2ccccc21. The predicted octanol–water partition coefficient (Wildman–Crippen LogP) is 2.87. The Balaban J connectivity index is 1.39. The number of nitrogens with zero attached hydrogens (tertiary/aromatic N) is 2. The van der Waals surface area contributed by atoms with E-state index in [9.17, 15) is 9.59 Å². The normalized spacial score (nSPS) is 20.9. The summed E-state index contributed by atoms with van der Waals surface area (Å²) in [6.07, 6.45) is 1.58. The highest BCUT2D eigenvalue weighted by molar-refractivity contribution is 6.02. The van der Waals surface area contributed by atoms with E-state index in [0.29, 0.717) is 13.0 Å². The molecule has 4 rings (SSSR count). The summed E-state index contributed by atoms with van der Waals surface area (Å²) >= 11 is 0. The van der Waals surface area contributed by atoms with Crippen LogP contribution in [0.1, 0.15) is 17.5 Å². The Kier molecular flexibility index (Phi) is 4.04. The average molecular weight is 334 g/mol. The molecule has 1 aliphatic heterocycles. The van der Waals surface area contributed by atoms with Crippen LogP contribution in [0.25, 0.3) is 0 Å². The van der Waals surface area contributed by atoms with Gasteiger partial charge < -0.3 is 9.80 Å². The molecule has 2 aromatic rings. The summed E-state index contributed by atoms with van der Waals surface area (Å²) in [5.74, 6) is -0.128. The molecule has 1 fully saturated rings. The molecule has 0 N–H and O–H groups in total. The maximum absolute atomic E-state index is 12.8. The van der Waals surface area contributed by atoms with Crippen LogP contribution in [0.15, 0.2) is 54.6 Å². The Bertz CT molecular complexity index is 803. The first-order valence-electron chi connectivity index (χ1n) is 8.83. The van der Waals surface area contributed by atoms with Crippen molar-refractivity contribution in [2.24, 2.45) is 11.8 Å². The minimum atomic E-state index is -0.158. The number of hydrogen-bond acceptors (Lipinski definition) is 2. The number of hydrogen-bond donors (Lipinski definition) is 0. The van der Waals surface area contributed by atoms with Crippen LogP contribution in [0.3, 0.4) is 0 Å². The van der Waals surface area contributed by atoms with Gasteiger partial charge in [-0.3, -0.25) is 9.59 Å².